The van der Waals surface area contributed by atoms with Crippen LogP contribution in [0.1, 0.15) is 28.8 Å². The van der Waals surface area contributed by atoms with E-state index in [9.17, 15) is 0 Å². The van der Waals surface area contributed by atoms with Crippen molar-refractivity contribution in [2.24, 2.45) is 0 Å². The second-order valence-electron chi connectivity index (χ2n) is 6.67. The van der Waals surface area contributed by atoms with Crippen LogP contribution in [0, 0.1) is 19.3 Å². The molecule has 0 bridgehead atoms. The van der Waals surface area contributed by atoms with Crippen molar-refractivity contribution in [3.05, 3.63) is 58.8 Å². The van der Waals surface area contributed by atoms with Gasteiger partial charge in [0.25, 0.3) is 0 Å². The minimum absolute atomic E-state index is 1.08. The Hall–Kier alpha value is -3.18. The largest absolute Gasteiger partial charge is 0.353 e. The number of benzene rings is 2. The second kappa shape index (κ2) is 5.16. The molecule has 1 aliphatic carbocycles. The molecule has 2 nitrogen and oxygen atoms in total. The molecule has 0 unspecified atom stereocenters. The molecule has 0 amide bonds. The van der Waals surface area contributed by atoms with Gasteiger partial charge in [-0.05, 0) is 60.8 Å². The molecule has 2 N–H and O–H groups in total. The normalized spacial score (nSPS) is 13.9. The van der Waals surface area contributed by atoms with Gasteiger partial charge < -0.3 is 9.97 Å². The van der Waals surface area contributed by atoms with Crippen molar-refractivity contribution >= 4 is 44.9 Å². The van der Waals surface area contributed by atoms with E-state index < -0.39 is 0 Å². The summed E-state index contributed by atoms with van der Waals surface area (Å²) < 4.78 is 0. The SMILES string of the molecule is C#C/C=C\c1c(C)c2c3c([nH]c2c2[nH]c4ccccc4c12)C=CCC3. The van der Waals surface area contributed by atoms with E-state index >= 15 is 0 Å². The molecule has 120 valence electrons. The summed E-state index contributed by atoms with van der Waals surface area (Å²) >= 11 is 0. The number of rotatable bonds is 1. The van der Waals surface area contributed by atoms with E-state index in [2.05, 4.69) is 65.3 Å². The van der Waals surface area contributed by atoms with Crippen LogP contribution in [0.4, 0.5) is 0 Å². The Balaban J connectivity index is 2.06. The highest BCUT2D eigenvalue weighted by Crippen LogP contribution is 2.40. The lowest BCUT2D eigenvalue weighted by Gasteiger charge is -2.10. The Labute approximate surface area is 146 Å². The van der Waals surface area contributed by atoms with Crippen LogP contribution in [0.5, 0.6) is 0 Å². The van der Waals surface area contributed by atoms with Crippen LogP contribution < -0.4 is 0 Å². The van der Waals surface area contributed by atoms with Crippen LogP contribution in [-0.2, 0) is 6.42 Å². The summed E-state index contributed by atoms with van der Waals surface area (Å²) in [7, 11) is 0. The Morgan fingerprint density at radius 2 is 1.96 bits per heavy atom. The third-order valence-corrected chi connectivity index (χ3v) is 5.33. The molecule has 5 rings (SSSR count). The highest BCUT2D eigenvalue weighted by Gasteiger charge is 2.21. The molecule has 0 fully saturated rings. The zero-order chi connectivity index (χ0) is 17.0. The fourth-order valence-electron chi connectivity index (χ4n) is 4.26. The van der Waals surface area contributed by atoms with Gasteiger partial charge >= 0.3 is 0 Å². The molecule has 0 spiro atoms. The fraction of sp³-hybridized carbons (Fsp3) is 0.130. The molecular formula is C23H18N2. The number of hydrogen-bond acceptors (Lipinski definition) is 0. The van der Waals surface area contributed by atoms with Gasteiger partial charge in [-0.1, -0.05) is 30.2 Å². The molecule has 0 radical (unpaired) electrons. The third kappa shape index (κ3) is 1.87. The molecule has 0 saturated heterocycles. The number of H-pyrrole nitrogens is 2. The number of terminal acetylenes is 1. The molecule has 2 aromatic heterocycles. The fourth-order valence-corrected chi connectivity index (χ4v) is 4.26. The molecule has 1 aliphatic rings. The standard InChI is InChI=1S/C23H18N2/c1-3-4-9-15-14(2)20-16-10-5-7-12-18(16)24-22(20)23-21(15)17-11-6-8-13-19(17)25-23/h1,4,6-9,11-13,24-25H,5,10H2,2H3/b9-4-. The van der Waals surface area contributed by atoms with E-state index in [0.29, 0.717) is 0 Å². The van der Waals surface area contributed by atoms with Crippen LogP contribution >= 0.6 is 0 Å². The number of aromatic amines is 2. The Morgan fingerprint density at radius 3 is 2.84 bits per heavy atom. The summed E-state index contributed by atoms with van der Waals surface area (Å²) in [6, 6.07) is 8.47. The Bertz CT molecular complexity index is 1250. The number of fused-ring (bicyclic) bond motifs is 7. The van der Waals surface area contributed by atoms with Crippen LogP contribution in [0.25, 0.3) is 44.9 Å². The molecule has 2 heteroatoms. The first-order valence-corrected chi connectivity index (χ1v) is 8.66. The minimum Gasteiger partial charge on any atom is -0.353 e. The zero-order valence-electron chi connectivity index (χ0n) is 14.1. The van der Waals surface area contributed by atoms with Crippen LogP contribution in [0.15, 0.2) is 36.4 Å². The topological polar surface area (TPSA) is 31.6 Å². The average Bonchev–Trinajstić information content (AvgIpc) is 3.20. The van der Waals surface area contributed by atoms with E-state index in [1.807, 2.05) is 0 Å². The summed E-state index contributed by atoms with van der Waals surface area (Å²) in [5.41, 5.74) is 8.70. The van der Waals surface area contributed by atoms with Gasteiger partial charge in [0.1, 0.15) is 0 Å². The summed E-state index contributed by atoms with van der Waals surface area (Å²) in [6.45, 7) is 2.21. The van der Waals surface area contributed by atoms with E-state index in [0.717, 1.165) is 18.4 Å². The van der Waals surface area contributed by atoms with Crippen LogP contribution in [0.2, 0.25) is 0 Å². The van der Waals surface area contributed by atoms with E-state index in [4.69, 9.17) is 6.42 Å². The number of aryl methyl sites for hydroxylation is 2. The molecule has 2 aromatic carbocycles. The lowest BCUT2D eigenvalue weighted by atomic mass is 9.92. The first-order chi connectivity index (χ1) is 12.3. The summed E-state index contributed by atoms with van der Waals surface area (Å²) in [6.07, 6.45) is 16.0. The molecule has 0 atom stereocenters. The van der Waals surface area contributed by atoms with Crippen molar-refractivity contribution in [1.82, 2.24) is 9.97 Å². The molecule has 0 saturated carbocycles. The maximum absolute atomic E-state index is 5.50. The minimum atomic E-state index is 1.08. The lowest BCUT2D eigenvalue weighted by molar-refractivity contribution is 0.991. The van der Waals surface area contributed by atoms with Gasteiger partial charge in [0.2, 0.25) is 0 Å². The van der Waals surface area contributed by atoms with E-state index in [-0.39, 0.29) is 0 Å². The first kappa shape index (κ1) is 14.2. The molecule has 25 heavy (non-hydrogen) atoms. The number of nitrogens with one attached hydrogen (secondary N) is 2. The average molecular weight is 322 g/mol. The van der Waals surface area contributed by atoms with Crippen LogP contribution in [0.3, 0.4) is 0 Å². The smallest absolute Gasteiger partial charge is 0.0716 e. The Morgan fingerprint density at radius 1 is 1.12 bits per heavy atom. The predicted molar refractivity (Wildman–Crippen MR) is 108 cm³/mol. The second-order valence-corrected chi connectivity index (χ2v) is 6.67. The van der Waals surface area contributed by atoms with E-state index in [1.54, 1.807) is 6.08 Å². The van der Waals surface area contributed by atoms with Gasteiger partial charge in [0, 0.05) is 27.4 Å². The first-order valence-electron chi connectivity index (χ1n) is 8.66. The summed E-state index contributed by atoms with van der Waals surface area (Å²) in [4.78, 5) is 7.29. The van der Waals surface area contributed by atoms with Crippen molar-refractivity contribution in [2.75, 3.05) is 0 Å². The highest BCUT2D eigenvalue weighted by atomic mass is 14.8. The summed E-state index contributed by atoms with van der Waals surface area (Å²) in [5, 5.41) is 3.83. The van der Waals surface area contributed by atoms with Gasteiger partial charge in [0.15, 0.2) is 0 Å². The number of para-hydroxylation sites is 1. The number of aromatic nitrogens is 2. The van der Waals surface area contributed by atoms with Crippen molar-refractivity contribution in [1.29, 1.82) is 0 Å². The van der Waals surface area contributed by atoms with Crippen molar-refractivity contribution in [2.45, 2.75) is 19.8 Å². The lowest BCUT2D eigenvalue weighted by Crippen LogP contribution is -1.92. The predicted octanol–water partition coefficient (Wildman–Crippen LogP) is 5.72. The molecular weight excluding hydrogens is 304 g/mol. The van der Waals surface area contributed by atoms with Crippen molar-refractivity contribution < 1.29 is 0 Å². The third-order valence-electron chi connectivity index (χ3n) is 5.33. The number of allylic oxidation sites excluding steroid dienone is 2. The van der Waals surface area contributed by atoms with Gasteiger partial charge in [-0.2, -0.15) is 0 Å². The van der Waals surface area contributed by atoms with Gasteiger partial charge in [0.05, 0.1) is 11.0 Å². The highest BCUT2D eigenvalue weighted by molar-refractivity contribution is 6.21. The van der Waals surface area contributed by atoms with Gasteiger partial charge in [-0.25, -0.2) is 0 Å². The summed E-state index contributed by atoms with van der Waals surface area (Å²) in [5.74, 6) is 2.64. The molecule has 0 aliphatic heterocycles. The maximum atomic E-state index is 5.50. The van der Waals surface area contributed by atoms with Crippen molar-refractivity contribution in [3.8, 4) is 12.3 Å². The molecule has 4 aromatic rings. The monoisotopic (exact) mass is 322 g/mol. The van der Waals surface area contributed by atoms with Gasteiger partial charge in [-0.3, -0.25) is 0 Å². The zero-order valence-corrected chi connectivity index (χ0v) is 14.1. The number of hydrogen-bond donors (Lipinski definition) is 2. The quantitative estimate of drug-likeness (QED) is 0.420. The van der Waals surface area contributed by atoms with Gasteiger partial charge in [-0.15, -0.1) is 6.42 Å². The van der Waals surface area contributed by atoms with Crippen molar-refractivity contribution in [3.63, 3.8) is 0 Å². The van der Waals surface area contributed by atoms with Crippen LogP contribution in [-0.4, -0.2) is 9.97 Å². The van der Waals surface area contributed by atoms with E-state index in [1.165, 1.54) is 49.6 Å². The maximum Gasteiger partial charge on any atom is 0.0716 e. The Kier molecular flexibility index (Phi) is 2.93. The molecule has 2 heterocycles.